The minimum Gasteiger partial charge on any atom is -0.478 e. The highest BCUT2D eigenvalue weighted by molar-refractivity contribution is 5.94. The van der Waals surface area contributed by atoms with Crippen LogP contribution in [0.3, 0.4) is 0 Å². The quantitative estimate of drug-likeness (QED) is 0.654. The summed E-state index contributed by atoms with van der Waals surface area (Å²) in [5, 5.41) is 22.5. The van der Waals surface area contributed by atoms with Crippen LogP contribution >= 0.6 is 0 Å². The van der Waals surface area contributed by atoms with E-state index in [9.17, 15) is 14.7 Å². The zero-order valence-electron chi connectivity index (χ0n) is 15.7. The van der Waals surface area contributed by atoms with Gasteiger partial charge >= 0.3 is 5.97 Å². The SMILES string of the molecule is Cc1ccccc1C(O)c1ccccc1C(NC(=O)C=CC(=O)O)C(C)C. The first kappa shape index (κ1) is 20.4. The Balaban J connectivity index is 2.39. The third-order valence-corrected chi connectivity index (χ3v) is 4.45. The van der Waals surface area contributed by atoms with E-state index in [4.69, 9.17) is 5.11 Å². The Kier molecular flexibility index (Phi) is 6.91. The minimum atomic E-state index is -1.18. The molecule has 0 saturated heterocycles. The molecule has 0 radical (unpaired) electrons. The van der Waals surface area contributed by atoms with Gasteiger partial charge in [-0.3, -0.25) is 4.79 Å². The van der Waals surface area contributed by atoms with Crippen LogP contribution in [0, 0.1) is 12.8 Å². The number of benzene rings is 2. The van der Waals surface area contributed by atoms with Crippen molar-refractivity contribution in [1.82, 2.24) is 5.32 Å². The number of rotatable bonds is 7. The average molecular weight is 367 g/mol. The smallest absolute Gasteiger partial charge is 0.328 e. The number of aryl methyl sites for hydroxylation is 1. The van der Waals surface area contributed by atoms with Crippen LogP contribution in [0.1, 0.15) is 48.2 Å². The molecule has 142 valence electrons. The van der Waals surface area contributed by atoms with Crippen LogP contribution in [-0.2, 0) is 9.59 Å². The first-order valence-corrected chi connectivity index (χ1v) is 8.85. The third kappa shape index (κ3) is 5.28. The molecule has 2 rings (SSSR count). The van der Waals surface area contributed by atoms with Crippen LogP contribution in [-0.4, -0.2) is 22.1 Å². The fraction of sp³-hybridized carbons (Fsp3) is 0.273. The van der Waals surface area contributed by atoms with E-state index >= 15 is 0 Å². The molecule has 27 heavy (non-hydrogen) atoms. The average Bonchev–Trinajstić information content (AvgIpc) is 2.64. The van der Waals surface area contributed by atoms with Crippen molar-refractivity contribution in [3.8, 4) is 0 Å². The number of aliphatic carboxylic acids is 1. The van der Waals surface area contributed by atoms with Crippen molar-refractivity contribution in [2.45, 2.75) is 32.9 Å². The van der Waals surface area contributed by atoms with Crippen LogP contribution < -0.4 is 5.32 Å². The molecule has 0 aliphatic rings. The van der Waals surface area contributed by atoms with Gasteiger partial charge in [-0.2, -0.15) is 0 Å². The minimum absolute atomic E-state index is 0.0393. The van der Waals surface area contributed by atoms with E-state index in [0.29, 0.717) is 5.56 Å². The number of aliphatic hydroxyl groups excluding tert-OH is 1. The van der Waals surface area contributed by atoms with E-state index in [1.165, 1.54) is 0 Å². The number of hydrogen-bond acceptors (Lipinski definition) is 3. The van der Waals surface area contributed by atoms with Crippen molar-refractivity contribution in [1.29, 1.82) is 0 Å². The number of amides is 1. The monoisotopic (exact) mass is 367 g/mol. The Labute approximate surface area is 159 Å². The van der Waals surface area contributed by atoms with E-state index in [2.05, 4.69) is 5.32 Å². The Bertz CT molecular complexity index is 842. The highest BCUT2D eigenvalue weighted by atomic mass is 16.4. The van der Waals surface area contributed by atoms with Gasteiger partial charge < -0.3 is 15.5 Å². The summed E-state index contributed by atoms with van der Waals surface area (Å²) in [6.45, 7) is 5.87. The molecular weight excluding hydrogens is 342 g/mol. The van der Waals surface area contributed by atoms with Gasteiger partial charge in [-0.1, -0.05) is 62.4 Å². The number of hydrogen-bond donors (Lipinski definition) is 3. The van der Waals surface area contributed by atoms with Gasteiger partial charge in [0.15, 0.2) is 0 Å². The number of nitrogens with one attached hydrogen (secondary N) is 1. The molecule has 0 bridgehead atoms. The molecule has 2 aromatic rings. The van der Waals surface area contributed by atoms with Gasteiger partial charge in [0.2, 0.25) is 5.91 Å². The van der Waals surface area contributed by atoms with E-state index in [1.807, 2.05) is 69.3 Å². The van der Waals surface area contributed by atoms with Crippen LogP contribution in [0.4, 0.5) is 0 Å². The van der Waals surface area contributed by atoms with Gasteiger partial charge in [0.1, 0.15) is 6.10 Å². The molecule has 0 saturated carbocycles. The molecule has 0 aliphatic carbocycles. The number of aliphatic hydroxyl groups is 1. The molecular formula is C22H25NO4. The van der Waals surface area contributed by atoms with E-state index in [-0.39, 0.29) is 12.0 Å². The summed E-state index contributed by atoms with van der Waals surface area (Å²) in [5.74, 6) is -1.63. The number of carboxylic acid groups (broad SMARTS) is 1. The maximum absolute atomic E-state index is 12.1. The first-order valence-electron chi connectivity index (χ1n) is 8.85. The van der Waals surface area contributed by atoms with Gasteiger partial charge in [-0.15, -0.1) is 0 Å². The van der Waals surface area contributed by atoms with Crippen LogP contribution in [0.15, 0.2) is 60.7 Å². The van der Waals surface area contributed by atoms with Gasteiger partial charge in [0.05, 0.1) is 6.04 Å². The topological polar surface area (TPSA) is 86.6 Å². The Hall–Kier alpha value is -2.92. The lowest BCUT2D eigenvalue weighted by atomic mass is 9.87. The second-order valence-electron chi connectivity index (χ2n) is 6.79. The van der Waals surface area contributed by atoms with Crippen molar-refractivity contribution < 1.29 is 19.8 Å². The molecule has 2 atom stereocenters. The standard InChI is InChI=1S/C22H25NO4/c1-14(2)21(23-19(24)12-13-20(25)26)17-10-6-7-11-18(17)22(27)16-9-5-4-8-15(16)3/h4-14,21-22,27H,1-3H3,(H,23,24)(H,25,26). The molecule has 2 aromatic carbocycles. The van der Waals surface area contributed by atoms with E-state index < -0.39 is 18.0 Å². The first-order chi connectivity index (χ1) is 12.8. The van der Waals surface area contributed by atoms with Gasteiger partial charge in [-0.25, -0.2) is 4.79 Å². The number of carbonyl (C=O) groups is 2. The van der Waals surface area contributed by atoms with Gasteiger partial charge in [0.25, 0.3) is 0 Å². The second kappa shape index (κ2) is 9.14. The highest BCUT2D eigenvalue weighted by Gasteiger charge is 2.24. The van der Waals surface area contributed by atoms with Gasteiger partial charge in [0, 0.05) is 12.2 Å². The molecule has 0 fully saturated rings. The zero-order valence-corrected chi connectivity index (χ0v) is 15.7. The maximum Gasteiger partial charge on any atom is 0.328 e. The lowest BCUT2D eigenvalue weighted by Crippen LogP contribution is -2.31. The summed E-state index contributed by atoms with van der Waals surface area (Å²) in [7, 11) is 0. The molecule has 0 aromatic heterocycles. The van der Waals surface area contributed by atoms with Crippen molar-refractivity contribution in [2.75, 3.05) is 0 Å². The van der Waals surface area contributed by atoms with Crippen molar-refractivity contribution >= 4 is 11.9 Å². The summed E-state index contributed by atoms with van der Waals surface area (Å²) in [4.78, 5) is 22.7. The van der Waals surface area contributed by atoms with Crippen molar-refractivity contribution in [3.63, 3.8) is 0 Å². The lowest BCUT2D eigenvalue weighted by Gasteiger charge is -2.27. The van der Waals surface area contributed by atoms with E-state index in [1.54, 1.807) is 0 Å². The second-order valence-corrected chi connectivity index (χ2v) is 6.79. The van der Waals surface area contributed by atoms with Crippen LogP contribution in [0.2, 0.25) is 0 Å². The summed E-state index contributed by atoms with van der Waals surface area (Å²) in [5.41, 5.74) is 3.31. The largest absolute Gasteiger partial charge is 0.478 e. The normalized spacial score (nSPS) is 13.5. The zero-order chi connectivity index (χ0) is 20.0. The number of carbonyl (C=O) groups excluding carboxylic acids is 1. The molecule has 0 aliphatic heterocycles. The molecule has 0 spiro atoms. The molecule has 5 nitrogen and oxygen atoms in total. The molecule has 3 N–H and O–H groups in total. The predicted octanol–water partition coefficient (Wildman–Crippen LogP) is 3.53. The third-order valence-electron chi connectivity index (χ3n) is 4.45. The molecule has 1 amide bonds. The lowest BCUT2D eigenvalue weighted by molar-refractivity contribution is -0.131. The number of carboxylic acids is 1. The summed E-state index contributed by atoms with van der Waals surface area (Å²) in [6.07, 6.45) is 0.980. The van der Waals surface area contributed by atoms with Crippen LogP contribution in [0.25, 0.3) is 0 Å². The Morgan fingerprint density at radius 1 is 0.926 bits per heavy atom. The van der Waals surface area contributed by atoms with Crippen molar-refractivity contribution in [2.24, 2.45) is 5.92 Å². The fourth-order valence-electron chi connectivity index (χ4n) is 3.06. The Morgan fingerprint density at radius 2 is 1.48 bits per heavy atom. The summed E-state index contributed by atoms with van der Waals surface area (Å²) >= 11 is 0. The fourth-order valence-corrected chi connectivity index (χ4v) is 3.06. The summed E-state index contributed by atoms with van der Waals surface area (Å²) in [6, 6.07) is 14.7. The van der Waals surface area contributed by atoms with Gasteiger partial charge in [-0.05, 0) is 35.1 Å². The Morgan fingerprint density at radius 3 is 2.04 bits per heavy atom. The summed E-state index contributed by atoms with van der Waals surface area (Å²) < 4.78 is 0. The highest BCUT2D eigenvalue weighted by Crippen LogP contribution is 2.33. The van der Waals surface area contributed by atoms with Crippen molar-refractivity contribution in [3.05, 3.63) is 82.9 Å². The molecule has 0 heterocycles. The molecule has 2 unspecified atom stereocenters. The van der Waals surface area contributed by atoms with Crippen LogP contribution in [0.5, 0.6) is 0 Å². The predicted molar refractivity (Wildman–Crippen MR) is 104 cm³/mol. The maximum atomic E-state index is 12.1. The van der Waals surface area contributed by atoms with E-state index in [0.717, 1.165) is 28.8 Å². The molecule has 5 heteroatoms.